The van der Waals surface area contributed by atoms with E-state index < -0.39 is 0 Å². The topological polar surface area (TPSA) is 33.5 Å². The lowest BCUT2D eigenvalue weighted by Gasteiger charge is -2.21. The van der Waals surface area contributed by atoms with E-state index in [1.165, 1.54) is 5.56 Å². The first-order valence-corrected chi connectivity index (χ1v) is 7.85. The maximum atomic E-state index is 12.1. The second kappa shape index (κ2) is 7.63. The van der Waals surface area contributed by atoms with E-state index in [-0.39, 0.29) is 11.9 Å². The van der Waals surface area contributed by atoms with Gasteiger partial charge in [0.2, 0.25) is 0 Å². The second-order valence-electron chi connectivity index (χ2n) is 5.33. The molecule has 2 atom stereocenters. The molecular weight excluding hydrogens is 319 g/mol. The van der Waals surface area contributed by atoms with Gasteiger partial charge in [0.25, 0.3) is 5.91 Å². The summed E-state index contributed by atoms with van der Waals surface area (Å²) in [5, 5.41) is 3.75. The number of anilines is 1. The first-order chi connectivity index (χ1) is 10.5. The lowest BCUT2D eigenvalue weighted by Crippen LogP contribution is -3.10. The molecule has 22 heavy (non-hydrogen) atoms. The molecule has 0 heterocycles. The molecule has 5 heteroatoms. The van der Waals surface area contributed by atoms with Crippen LogP contribution >= 0.6 is 23.2 Å². The number of carbonyl (C=O) groups is 1. The smallest absolute Gasteiger partial charge is 0.279 e. The van der Waals surface area contributed by atoms with Crippen LogP contribution in [0.4, 0.5) is 5.69 Å². The zero-order valence-corrected chi connectivity index (χ0v) is 14.1. The zero-order chi connectivity index (χ0) is 16.1. The molecular formula is C17H19Cl2N2O+. The molecule has 2 aromatic rings. The number of hydrogen-bond donors (Lipinski definition) is 2. The van der Waals surface area contributed by atoms with Gasteiger partial charge in [-0.05, 0) is 25.1 Å². The average molecular weight is 338 g/mol. The molecule has 0 spiro atoms. The largest absolute Gasteiger partial charge is 0.324 e. The van der Waals surface area contributed by atoms with Gasteiger partial charge in [0, 0.05) is 11.3 Å². The van der Waals surface area contributed by atoms with Crippen LogP contribution in [0.2, 0.25) is 10.0 Å². The Hall–Kier alpha value is -1.55. The van der Waals surface area contributed by atoms with Crippen molar-refractivity contribution in [3.63, 3.8) is 0 Å². The fraction of sp³-hybridized carbons (Fsp3) is 0.235. The SMILES string of the molecule is C[C@H](c1ccccc1)[NH+](C)CC(=O)Nc1ccc(Cl)c(Cl)c1. The molecule has 2 N–H and O–H groups in total. The molecule has 0 saturated heterocycles. The predicted molar refractivity (Wildman–Crippen MR) is 91.7 cm³/mol. The van der Waals surface area contributed by atoms with Gasteiger partial charge in [-0.25, -0.2) is 0 Å². The van der Waals surface area contributed by atoms with Crippen molar-refractivity contribution >= 4 is 34.8 Å². The van der Waals surface area contributed by atoms with Crippen LogP contribution in [0.3, 0.4) is 0 Å². The standard InChI is InChI=1S/C17H18Cl2N2O/c1-12(13-6-4-3-5-7-13)21(2)11-17(22)20-14-8-9-15(18)16(19)10-14/h3-10,12H,11H2,1-2H3,(H,20,22)/p+1/t12-/m1/s1. The Morgan fingerprint density at radius 1 is 1.14 bits per heavy atom. The minimum atomic E-state index is -0.0568. The predicted octanol–water partition coefficient (Wildman–Crippen LogP) is 3.21. The van der Waals surface area contributed by atoms with E-state index >= 15 is 0 Å². The first kappa shape index (κ1) is 16.8. The van der Waals surface area contributed by atoms with Gasteiger partial charge in [0.1, 0.15) is 6.04 Å². The molecule has 0 bridgehead atoms. The van der Waals surface area contributed by atoms with E-state index in [2.05, 4.69) is 24.4 Å². The second-order valence-corrected chi connectivity index (χ2v) is 6.15. The highest BCUT2D eigenvalue weighted by Gasteiger charge is 2.18. The number of hydrogen-bond acceptors (Lipinski definition) is 1. The van der Waals surface area contributed by atoms with Gasteiger partial charge in [-0.1, -0.05) is 53.5 Å². The van der Waals surface area contributed by atoms with Gasteiger partial charge >= 0.3 is 0 Å². The van der Waals surface area contributed by atoms with E-state index in [9.17, 15) is 4.79 Å². The number of rotatable bonds is 5. The summed E-state index contributed by atoms with van der Waals surface area (Å²) in [5.41, 5.74) is 1.86. The van der Waals surface area contributed by atoms with Crippen molar-refractivity contribution in [1.82, 2.24) is 0 Å². The lowest BCUT2D eigenvalue weighted by atomic mass is 10.1. The highest BCUT2D eigenvalue weighted by atomic mass is 35.5. The molecule has 2 aromatic carbocycles. The van der Waals surface area contributed by atoms with E-state index in [1.54, 1.807) is 18.2 Å². The summed E-state index contributed by atoms with van der Waals surface area (Å²) in [7, 11) is 2.01. The number of benzene rings is 2. The monoisotopic (exact) mass is 337 g/mol. The Balaban J connectivity index is 1.95. The number of amides is 1. The lowest BCUT2D eigenvalue weighted by molar-refractivity contribution is -0.902. The number of carbonyl (C=O) groups excluding carboxylic acids is 1. The molecule has 0 aliphatic carbocycles. The Kier molecular flexibility index (Phi) is 5.83. The third-order valence-corrected chi connectivity index (χ3v) is 4.42. The third-order valence-electron chi connectivity index (χ3n) is 3.68. The van der Waals surface area contributed by atoms with Crippen molar-refractivity contribution in [2.75, 3.05) is 18.9 Å². The number of halogens is 2. The molecule has 1 amide bonds. The van der Waals surface area contributed by atoms with Crippen LogP contribution in [0.25, 0.3) is 0 Å². The molecule has 2 rings (SSSR count). The summed E-state index contributed by atoms with van der Waals surface area (Å²) in [5.74, 6) is -0.0568. The highest BCUT2D eigenvalue weighted by molar-refractivity contribution is 6.42. The van der Waals surface area contributed by atoms with Gasteiger partial charge in [-0.2, -0.15) is 0 Å². The van der Waals surface area contributed by atoms with Crippen LogP contribution in [0, 0.1) is 0 Å². The summed E-state index contributed by atoms with van der Waals surface area (Å²) in [4.78, 5) is 13.3. The van der Waals surface area contributed by atoms with E-state index in [0.717, 1.165) is 4.90 Å². The molecule has 0 saturated carbocycles. The zero-order valence-electron chi connectivity index (χ0n) is 12.6. The van der Waals surface area contributed by atoms with Crippen molar-refractivity contribution in [1.29, 1.82) is 0 Å². The molecule has 3 nitrogen and oxygen atoms in total. The van der Waals surface area contributed by atoms with E-state index in [1.807, 2.05) is 25.2 Å². The Morgan fingerprint density at radius 3 is 2.45 bits per heavy atom. The summed E-state index contributed by atoms with van der Waals surface area (Å²) in [6, 6.07) is 15.4. The number of quaternary nitrogens is 1. The Labute approximate surface area is 140 Å². The van der Waals surface area contributed by atoms with Gasteiger partial charge < -0.3 is 10.2 Å². The van der Waals surface area contributed by atoms with Crippen LogP contribution in [0.5, 0.6) is 0 Å². The minimum Gasteiger partial charge on any atom is -0.324 e. The molecule has 0 aliphatic rings. The Bertz CT molecular complexity index is 646. The fourth-order valence-electron chi connectivity index (χ4n) is 2.21. The maximum absolute atomic E-state index is 12.1. The quantitative estimate of drug-likeness (QED) is 0.862. The summed E-state index contributed by atoms with van der Waals surface area (Å²) < 4.78 is 0. The van der Waals surface area contributed by atoms with Gasteiger partial charge in [-0.15, -0.1) is 0 Å². The third kappa shape index (κ3) is 4.47. The molecule has 1 unspecified atom stereocenters. The fourth-order valence-corrected chi connectivity index (χ4v) is 2.51. The van der Waals surface area contributed by atoms with Crippen LogP contribution in [0.15, 0.2) is 48.5 Å². The van der Waals surface area contributed by atoms with Crippen LogP contribution in [-0.2, 0) is 4.79 Å². The van der Waals surface area contributed by atoms with E-state index in [0.29, 0.717) is 22.3 Å². The van der Waals surface area contributed by atoms with Gasteiger partial charge in [0.05, 0.1) is 17.1 Å². The highest BCUT2D eigenvalue weighted by Crippen LogP contribution is 2.24. The van der Waals surface area contributed by atoms with Crippen LogP contribution < -0.4 is 10.2 Å². The summed E-state index contributed by atoms with van der Waals surface area (Å²) in [6.45, 7) is 2.48. The van der Waals surface area contributed by atoms with Crippen molar-refractivity contribution in [2.45, 2.75) is 13.0 Å². The van der Waals surface area contributed by atoms with Gasteiger partial charge in [0.15, 0.2) is 6.54 Å². The summed E-state index contributed by atoms with van der Waals surface area (Å²) in [6.07, 6.45) is 0. The summed E-state index contributed by atoms with van der Waals surface area (Å²) >= 11 is 11.8. The molecule has 0 fully saturated rings. The molecule has 0 aliphatic heterocycles. The molecule has 0 aromatic heterocycles. The van der Waals surface area contributed by atoms with E-state index in [4.69, 9.17) is 23.2 Å². The van der Waals surface area contributed by atoms with Crippen molar-refractivity contribution in [2.24, 2.45) is 0 Å². The average Bonchev–Trinajstić information content (AvgIpc) is 2.51. The maximum Gasteiger partial charge on any atom is 0.279 e. The van der Waals surface area contributed by atoms with Crippen LogP contribution in [0.1, 0.15) is 18.5 Å². The molecule has 0 radical (unpaired) electrons. The van der Waals surface area contributed by atoms with Crippen LogP contribution in [-0.4, -0.2) is 19.5 Å². The number of nitrogens with one attached hydrogen (secondary N) is 2. The first-order valence-electron chi connectivity index (χ1n) is 7.09. The molecule has 116 valence electrons. The van der Waals surface area contributed by atoms with Crippen molar-refractivity contribution in [3.05, 3.63) is 64.1 Å². The number of likely N-dealkylation sites (N-methyl/N-ethyl adjacent to an activating group) is 1. The minimum absolute atomic E-state index is 0.0568. The normalized spacial score (nSPS) is 13.5. The Morgan fingerprint density at radius 2 is 1.82 bits per heavy atom. The van der Waals surface area contributed by atoms with Gasteiger partial charge in [-0.3, -0.25) is 4.79 Å². The van der Waals surface area contributed by atoms with Crippen molar-refractivity contribution < 1.29 is 9.69 Å². The van der Waals surface area contributed by atoms with Crippen molar-refractivity contribution in [3.8, 4) is 0 Å².